The molecule has 2 aliphatic heterocycles. The number of nitrogens with two attached hydrogens (primary N) is 1. The molecule has 3 aliphatic rings. The fourth-order valence-electron chi connectivity index (χ4n) is 7.04. The van der Waals surface area contributed by atoms with E-state index in [1.165, 1.54) is 30.3 Å². The molecule has 0 radical (unpaired) electrons. The molecule has 48 heavy (non-hydrogen) atoms. The van der Waals surface area contributed by atoms with Crippen LogP contribution in [0.2, 0.25) is 0 Å². The van der Waals surface area contributed by atoms with Crippen LogP contribution in [-0.2, 0) is 25.1 Å². The number of alkyl halides is 2. The molecule has 5 amide bonds. The van der Waals surface area contributed by atoms with Gasteiger partial charge in [0.1, 0.15) is 18.1 Å². The first-order chi connectivity index (χ1) is 22.6. The third-order valence-corrected chi connectivity index (χ3v) is 12.3. The summed E-state index contributed by atoms with van der Waals surface area (Å²) >= 11 is 2.66. The summed E-state index contributed by atoms with van der Waals surface area (Å²) < 4.78 is 27.7. The number of thiophene rings is 1. The Balaban J connectivity index is 1.31. The van der Waals surface area contributed by atoms with Crippen molar-refractivity contribution in [3.63, 3.8) is 0 Å². The monoisotopic (exact) mass is 705 g/mol. The Morgan fingerprint density at radius 2 is 1.79 bits per heavy atom. The normalized spacial score (nSPS) is 23.6. The van der Waals surface area contributed by atoms with Crippen LogP contribution in [0.3, 0.4) is 0 Å². The molecule has 5 N–H and O–H groups in total. The van der Waals surface area contributed by atoms with E-state index >= 15 is 0 Å². The Hall–Kier alpha value is -3.26. The van der Waals surface area contributed by atoms with Gasteiger partial charge in [-0.15, -0.1) is 23.1 Å². The summed E-state index contributed by atoms with van der Waals surface area (Å²) in [7, 11) is 0. The number of hydrogen-bond donors (Lipinski definition) is 4. The molecular formula is C34H45F2N5O5S2. The highest BCUT2D eigenvalue weighted by Crippen LogP contribution is 2.48. The summed E-state index contributed by atoms with van der Waals surface area (Å²) in [6.45, 7) is 5.07. The van der Waals surface area contributed by atoms with Crippen LogP contribution in [0.5, 0.6) is 0 Å². The predicted molar refractivity (Wildman–Crippen MR) is 183 cm³/mol. The third kappa shape index (κ3) is 8.30. The molecule has 0 spiro atoms. The van der Waals surface area contributed by atoms with Crippen LogP contribution in [-0.4, -0.2) is 69.2 Å². The molecule has 3 fully saturated rings. The predicted octanol–water partition coefficient (Wildman–Crippen LogP) is 4.79. The van der Waals surface area contributed by atoms with Crippen molar-refractivity contribution in [1.82, 2.24) is 20.9 Å². The zero-order chi connectivity index (χ0) is 34.8. The smallest absolute Gasteiger partial charge is 0.270 e. The number of nitrogens with zero attached hydrogens (tertiary/aromatic N) is 1. The van der Waals surface area contributed by atoms with Gasteiger partial charge in [-0.05, 0) is 81.9 Å². The van der Waals surface area contributed by atoms with E-state index < -0.39 is 52.4 Å². The summed E-state index contributed by atoms with van der Waals surface area (Å²) in [6.07, 6.45) is 7.03. The molecule has 0 unspecified atom stereocenters. The summed E-state index contributed by atoms with van der Waals surface area (Å²) in [5.74, 6) is -5.03. The van der Waals surface area contributed by atoms with E-state index in [1.54, 1.807) is 17.0 Å². The van der Waals surface area contributed by atoms with Crippen LogP contribution in [0.15, 0.2) is 24.3 Å². The molecule has 0 bridgehead atoms. The lowest BCUT2D eigenvalue weighted by Gasteiger charge is -2.34. The fourth-order valence-corrected chi connectivity index (χ4v) is 9.66. The zero-order valence-corrected chi connectivity index (χ0v) is 29.2. The van der Waals surface area contributed by atoms with Crippen molar-refractivity contribution in [1.29, 1.82) is 0 Å². The second-order valence-corrected chi connectivity index (χ2v) is 16.8. The van der Waals surface area contributed by atoms with E-state index in [2.05, 4.69) is 16.0 Å². The number of carbonyl (C=O) groups is 5. The molecule has 4 atom stereocenters. The highest BCUT2D eigenvalue weighted by Gasteiger charge is 2.55. The minimum atomic E-state index is -3.02. The Labute approximate surface area is 287 Å². The van der Waals surface area contributed by atoms with Crippen molar-refractivity contribution in [3.05, 3.63) is 34.7 Å². The topological polar surface area (TPSA) is 151 Å². The van der Waals surface area contributed by atoms with E-state index in [0.717, 1.165) is 43.9 Å². The number of rotatable bonds is 11. The third-order valence-electron chi connectivity index (χ3n) is 9.59. The van der Waals surface area contributed by atoms with Gasteiger partial charge in [0.25, 0.3) is 11.8 Å². The zero-order valence-electron chi connectivity index (χ0n) is 27.6. The van der Waals surface area contributed by atoms with Gasteiger partial charge >= 0.3 is 0 Å². The highest BCUT2D eigenvalue weighted by molar-refractivity contribution is 8.01. The van der Waals surface area contributed by atoms with Gasteiger partial charge in [-0.3, -0.25) is 24.0 Å². The van der Waals surface area contributed by atoms with Crippen LogP contribution in [0.4, 0.5) is 8.78 Å². The molecule has 1 aromatic carbocycles. The molecule has 5 rings (SSSR count). The summed E-state index contributed by atoms with van der Waals surface area (Å²) in [6, 6.07) is 2.95. The van der Waals surface area contributed by atoms with E-state index in [-0.39, 0.29) is 34.6 Å². The second kappa shape index (κ2) is 14.7. The Morgan fingerprint density at radius 3 is 2.48 bits per heavy atom. The van der Waals surface area contributed by atoms with Crippen molar-refractivity contribution in [2.75, 3.05) is 6.54 Å². The molecule has 2 saturated heterocycles. The number of halogens is 2. The number of benzene rings is 1. The van der Waals surface area contributed by atoms with Crippen molar-refractivity contribution in [2.24, 2.45) is 11.7 Å². The number of amides is 5. The lowest BCUT2D eigenvalue weighted by Crippen LogP contribution is -2.60. The number of nitrogens with one attached hydrogen (secondary N) is 3. The first-order valence-corrected chi connectivity index (χ1v) is 18.4. The van der Waals surface area contributed by atoms with Gasteiger partial charge in [0.05, 0.1) is 10.3 Å². The van der Waals surface area contributed by atoms with E-state index in [1.807, 2.05) is 13.8 Å². The first-order valence-electron chi connectivity index (χ1n) is 16.7. The van der Waals surface area contributed by atoms with Gasteiger partial charge in [0.15, 0.2) is 0 Å². The largest absolute Gasteiger partial charge is 0.370 e. The van der Waals surface area contributed by atoms with Crippen molar-refractivity contribution in [2.45, 2.75) is 119 Å². The summed E-state index contributed by atoms with van der Waals surface area (Å²) in [5, 5.41) is 8.84. The number of fused-ring (bicyclic) bond motifs is 2. The minimum absolute atomic E-state index is 0.0283. The molecule has 1 saturated carbocycles. The molecule has 262 valence electrons. The molecule has 1 aliphatic carbocycles. The number of carbonyl (C=O) groups excluding carboxylic acids is 5. The quantitative estimate of drug-likeness (QED) is 0.264. The van der Waals surface area contributed by atoms with Crippen LogP contribution >= 0.6 is 23.1 Å². The van der Waals surface area contributed by atoms with Gasteiger partial charge in [0.2, 0.25) is 23.6 Å². The average Bonchev–Trinajstić information content (AvgIpc) is 3.54. The highest BCUT2D eigenvalue weighted by atomic mass is 32.2. The van der Waals surface area contributed by atoms with Gasteiger partial charge in [0, 0.05) is 34.9 Å². The number of hydrogen-bond acceptors (Lipinski definition) is 7. The van der Waals surface area contributed by atoms with Crippen molar-refractivity contribution >= 4 is 62.7 Å². The van der Waals surface area contributed by atoms with Crippen LogP contribution in [0, 0.1) is 5.92 Å². The maximum Gasteiger partial charge on any atom is 0.270 e. The lowest BCUT2D eigenvalue weighted by atomic mass is 9.89. The molecule has 14 heteroatoms. The molecule has 10 nitrogen and oxygen atoms in total. The van der Waals surface area contributed by atoms with Crippen molar-refractivity contribution < 1.29 is 32.8 Å². The average molecular weight is 706 g/mol. The minimum Gasteiger partial charge on any atom is -0.370 e. The molecule has 3 heterocycles. The van der Waals surface area contributed by atoms with Crippen molar-refractivity contribution in [3.8, 4) is 0 Å². The maximum absolute atomic E-state index is 14.1. The van der Waals surface area contributed by atoms with Crippen LogP contribution in [0.25, 0.3) is 10.1 Å². The Kier molecular flexibility index (Phi) is 11.0. The fraction of sp³-hybridized carbons (Fsp3) is 0.618. The maximum atomic E-state index is 14.1. The van der Waals surface area contributed by atoms with Crippen LogP contribution < -0.4 is 21.7 Å². The SMILES string of the molecule is CC(F)(F)c1ccc2sc(C(=O)N[C@H]3CCC[C@H]4SC(C)(C)[C@@H](C(=O)N[C@@H](CCC(N)=O)C(=O)NCC5CCCCC5)N4C3=O)cc2c1. The summed E-state index contributed by atoms with van der Waals surface area (Å²) in [4.78, 5) is 68.3. The Bertz CT molecular complexity index is 1550. The number of primary amides is 1. The molecular weight excluding hydrogens is 661 g/mol. The second-order valence-electron chi connectivity index (χ2n) is 13.8. The van der Waals surface area contributed by atoms with E-state index in [0.29, 0.717) is 41.8 Å². The molecule has 2 aromatic rings. The van der Waals surface area contributed by atoms with Gasteiger partial charge in [-0.25, -0.2) is 8.78 Å². The van der Waals surface area contributed by atoms with Gasteiger partial charge < -0.3 is 26.6 Å². The lowest BCUT2D eigenvalue weighted by molar-refractivity contribution is -0.143. The van der Waals surface area contributed by atoms with E-state index in [4.69, 9.17) is 5.73 Å². The van der Waals surface area contributed by atoms with Gasteiger partial charge in [-0.1, -0.05) is 25.3 Å². The standard InChI is InChI=1S/C34H45F2N5O5S2/c1-33(2)28(31(45)39-22(13-15-26(37)42)29(43)38-18-19-8-5-4-6-9-19)41-27(48-33)11-7-10-23(32(41)46)40-30(44)25-17-20-16-21(34(3,35)36)12-14-24(20)47-25/h12,14,16-17,19,22-23,27-28H,4-11,13,15,18H2,1-3H3,(H2,37,42)(H,38,43)(H,39,45)(H,40,44)/t22-,23-,27+,28+/m0/s1. The van der Waals surface area contributed by atoms with E-state index in [9.17, 15) is 32.8 Å². The first kappa shape index (κ1) is 36.0. The Morgan fingerprint density at radius 1 is 1.06 bits per heavy atom. The summed E-state index contributed by atoms with van der Waals surface area (Å²) in [5.41, 5.74) is 5.24. The number of thioether (sulfide) groups is 1. The van der Waals surface area contributed by atoms with Crippen LogP contribution in [0.1, 0.15) is 100 Å². The van der Waals surface area contributed by atoms with Gasteiger partial charge in [-0.2, -0.15) is 0 Å². The molecule has 1 aromatic heterocycles.